The SMILES string of the molecule is CN(Cc1ccccc1)C(=O)C1OC(CCN2CCOCC2)CCC1O. The molecule has 3 rings (SSSR count). The lowest BCUT2D eigenvalue weighted by Gasteiger charge is -2.36. The van der Waals surface area contributed by atoms with Crippen LogP contribution in [0.15, 0.2) is 30.3 Å². The molecule has 144 valence electrons. The summed E-state index contributed by atoms with van der Waals surface area (Å²) in [5.41, 5.74) is 1.07. The molecule has 2 aliphatic heterocycles. The Kier molecular flexibility index (Phi) is 7.02. The molecule has 0 aliphatic carbocycles. The van der Waals surface area contributed by atoms with Crippen molar-refractivity contribution in [3.8, 4) is 0 Å². The van der Waals surface area contributed by atoms with Gasteiger partial charge in [0.05, 0.1) is 25.4 Å². The minimum absolute atomic E-state index is 0.0281. The monoisotopic (exact) mass is 362 g/mol. The average Bonchev–Trinajstić information content (AvgIpc) is 2.68. The topological polar surface area (TPSA) is 62.2 Å². The van der Waals surface area contributed by atoms with Gasteiger partial charge in [0, 0.05) is 33.2 Å². The van der Waals surface area contributed by atoms with Crippen molar-refractivity contribution < 1.29 is 19.4 Å². The van der Waals surface area contributed by atoms with Crippen LogP contribution in [0.1, 0.15) is 24.8 Å². The number of ether oxygens (including phenoxy) is 2. The molecule has 6 heteroatoms. The van der Waals surface area contributed by atoms with Gasteiger partial charge in [-0.05, 0) is 24.8 Å². The zero-order chi connectivity index (χ0) is 18.4. The summed E-state index contributed by atoms with van der Waals surface area (Å²) in [5, 5.41) is 10.3. The molecule has 1 N–H and O–H groups in total. The van der Waals surface area contributed by atoms with E-state index in [0.29, 0.717) is 13.0 Å². The van der Waals surface area contributed by atoms with E-state index in [9.17, 15) is 9.90 Å². The summed E-state index contributed by atoms with van der Waals surface area (Å²) in [5.74, 6) is -0.141. The molecule has 6 nitrogen and oxygen atoms in total. The fourth-order valence-electron chi connectivity index (χ4n) is 3.61. The van der Waals surface area contributed by atoms with Crippen molar-refractivity contribution in [2.75, 3.05) is 39.9 Å². The third-order valence-corrected chi connectivity index (χ3v) is 5.23. The van der Waals surface area contributed by atoms with Crippen LogP contribution in [-0.2, 0) is 20.8 Å². The minimum atomic E-state index is -0.757. The Hall–Kier alpha value is -1.47. The Bertz CT molecular complexity index is 562. The number of rotatable bonds is 6. The molecule has 2 saturated heterocycles. The molecule has 3 unspecified atom stereocenters. The number of aliphatic hydroxyl groups is 1. The molecule has 0 aromatic heterocycles. The van der Waals surface area contributed by atoms with Crippen molar-refractivity contribution in [2.24, 2.45) is 0 Å². The number of morpholine rings is 1. The highest BCUT2D eigenvalue weighted by atomic mass is 16.5. The molecule has 2 aliphatic rings. The van der Waals surface area contributed by atoms with Crippen LogP contribution in [0.25, 0.3) is 0 Å². The Morgan fingerprint density at radius 1 is 1.23 bits per heavy atom. The van der Waals surface area contributed by atoms with Crippen LogP contribution in [0.4, 0.5) is 0 Å². The van der Waals surface area contributed by atoms with Crippen LogP contribution in [0.5, 0.6) is 0 Å². The van der Waals surface area contributed by atoms with Gasteiger partial charge in [0.2, 0.25) is 0 Å². The Labute approximate surface area is 155 Å². The maximum Gasteiger partial charge on any atom is 0.254 e. The van der Waals surface area contributed by atoms with E-state index in [0.717, 1.165) is 51.3 Å². The van der Waals surface area contributed by atoms with Gasteiger partial charge >= 0.3 is 0 Å². The number of carbonyl (C=O) groups excluding carboxylic acids is 1. The van der Waals surface area contributed by atoms with Crippen molar-refractivity contribution in [3.63, 3.8) is 0 Å². The first-order valence-electron chi connectivity index (χ1n) is 9.56. The summed E-state index contributed by atoms with van der Waals surface area (Å²) in [6, 6.07) is 9.86. The van der Waals surface area contributed by atoms with E-state index in [4.69, 9.17) is 9.47 Å². The van der Waals surface area contributed by atoms with Gasteiger partial charge in [-0.2, -0.15) is 0 Å². The van der Waals surface area contributed by atoms with Crippen molar-refractivity contribution in [1.29, 1.82) is 0 Å². The van der Waals surface area contributed by atoms with Gasteiger partial charge in [-0.25, -0.2) is 0 Å². The van der Waals surface area contributed by atoms with Gasteiger partial charge in [-0.3, -0.25) is 9.69 Å². The zero-order valence-corrected chi connectivity index (χ0v) is 15.5. The molecule has 2 heterocycles. The van der Waals surface area contributed by atoms with Gasteiger partial charge in [-0.1, -0.05) is 30.3 Å². The van der Waals surface area contributed by atoms with E-state index in [1.807, 2.05) is 30.3 Å². The normalized spacial score (nSPS) is 27.2. The molecule has 0 radical (unpaired) electrons. The molecule has 1 aromatic rings. The average molecular weight is 362 g/mol. The molecule has 0 saturated carbocycles. The number of aliphatic hydroxyl groups excluding tert-OH is 1. The molecule has 0 spiro atoms. The van der Waals surface area contributed by atoms with E-state index in [1.54, 1.807) is 11.9 Å². The molecular weight excluding hydrogens is 332 g/mol. The van der Waals surface area contributed by atoms with Crippen molar-refractivity contribution in [1.82, 2.24) is 9.80 Å². The van der Waals surface area contributed by atoms with Gasteiger partial charge in [-0.15, -0.1) is 0 Å². The van der Waals surface area contributed by atoms with Crippen molar-refractivity contribution >= 4 is 5.91 Å². The number of likely N-dealkylation sites (N-methyl/N-ethyl adjacent to an activating group) is 1. The number of nitrogens with zero attached hydrogens (tertiary/aromatic N) is 2. The smallest absolute Gasteiger partial charge is 0.254 e. The summed E-state index contributed by atoms with van der Waals surface area (Å²) in [6.45, 7) is 4.95. The Balaban J connectivity index is 1.51. The second kappa shape index (κ2) is 9.46. The highest BCUT2D eigenvalue weighted by Gasteiger charge is 2.36. The molecule has 1 aromatic carbocycles. The van der Waals surface area contributed by atoms with Crippen LogP contribution < -0.4 is 0 Å². The van der Waals surface area contributed by atoms with Crippen LogP contribution >= 0.6 is 0 Å². The van der Waals surface area contributed by atoms with Crippen LogP contribution in [0.3, 0.4) is 0 Å². The van der Waals surface area contributed by atoms with E-state index in [-0.39, 0.29) is 12.0 Å². The fraction of sp³-hybridized carbons (Fsp3) is 0.650. The summed E-state index contributed by atoms with van der Waals surface area (Å²) < 4.78 is 11.4. The Morgan fingerprint density at radius 3 is 2.69 bits per heavy atom. The van der Waals surface area contributed by atoms with E-state index >= 15 is 0 Å². The molecule has 26 heavy (non-hydrogen) atoms. The van der Waals surface area contributed by atoms with Crippen LogP contribution in [0.2, 0.25) is 0 Å². The van der Waals surface area contributed by atoms with E-state index in [1.165, 1.54) is 0 Å². The first-order valence-corrected chi connectivity index (χ1v) is 9.56. The lowest BCUT2D eigenvalue weighted by atomic mass is 9.98. The third kappa shape index (κ3) is 5.27. The quantitative estimate of drug-likeness (QED) is 0.826. The fourth-order valence-corrected chi connectivity index (χ4v) is 3.61. The summed E-state index contributed by atoms with van der Waals surface area (Å²) >= 11 is 0. The molecule has 1 amide bonds. The maximum absolute atomic E-state index is 12.8. The van der Waals surface area contributed by atoms with E-state index < -0.39 is 12.2 Å². The summed E-state index contributed by atoms with van der Waals surface area (Å²) in [6.07, 6.45) is 0.854. The third-order valence-electron chi connectivity index (χ3n) is 5.23. The zero-order valence-electron chi connectivity index (χ0n) is 15.5. The summed E-state index contributed by atoms with van der Waals surface area (Å²) in [4.78, 5) is 16.8. The summed E-state index contributed by atoms with van der Waals surface area (Å²) in [7, 11) is 1.77. The van der Waals surface area contributed by atoms with Crippen molar-refractivity contribution in [2.45, 2.75) is 44.1 Å². The highest BCUT2D eigenvalue weighted by Crippen LogP contribution is 2.24. The van der Waals surface area contributed by atoms with Crippen molar-refractivity contribution in [3.05, 3.63) is 35.9 Å². The number of amides is 1. The lowest BCUT2D eigenvalue weighted by Crippen LogP contribution is -2.50. The van der Waals surface area contributed by atoms with Gasteiger partial charge in [0.1, 0.15) is 0 Å². The number of hydrogen-bond acceptors (Lipinski definition) is 5. The maximum atomic E-state index is 12.8. The molecular formula is C20H30N2O4. The number of benzene rings is 1. The number of carbonyl (C=O) groups is 1. The minimum Gasteiger partial charge on any atom is -0.390 e. The number of hydrogen-bond donors (Lipinski definition) is 1. The van der Waals surface area contributed by atoms with Gasteiger partial charge in [0.25, 0.3) is 5.91 Å². The molecule has 0 bridgehead atoms. The van der Waals surface area contributed by atoms with Gasteiger partial charge < -0.3 is 19.5 Å². The largest absolute Gasteiger partial charge is 0.390 e. The Morgan fingerprint density at radius 2 is 1.96 bits per heavy atom. The van der Waals surface area contributed by atoms with Crippen LogP contribution in [-0.4, -0.2) is 79.0 Å². The first kappa shape index (κ1) is 19.3. The van der Waals surface area contributed by atoms with E-state index in [2.05, 4.69) is 4.90 Å². The van der Waals surface area contributed by atoms with Crippen LogP contribution in [0, 0.1) is 0 Å². The lowest BCUT2D eigenvalue weighted by molar-refractivity contribution is -0.168. The second-order valence-corrected chi connectivity index (χ2v) is 7.25. The second-order valence-electron chi connectivity index (χ2n) is 7.25. The molecule has 2 fully saturated rings. The van der Waals surface area contributed by atoms with Gasteiger partial charge in [0.15, 0.2) is 6.10 Å². The highest BCUT2D eigenvalue weighted by molar-refractivity contribution is 5.81. The molecule has 3 atom stereocenters. The predicted octanol–water partition coefficient (Wildman–Crippen LogP) is 1.28. The first-order chi connectivity index (χ1) is 12.6. The predicted molar refractivity (Wildman–Crippen MR) is 98.7 cm³/mol. The standard InChI is InChI=1S/C20H30N2O4/c1-21(15-16-5-3-2-4-6-16)20(24)19-18(23)8-7-17(26-19)9-10-22-11-13-25-14-12-22/h2-6,17-19,23H,7-15H2,1H3.